The van der Waals surface area contributed by atoms with Crippen molar-refractivity contribution in [3.63, 3.8) is 0 Å². The first-order valence-electron chi connectivity index (χ1n) is 7.84. The number of carbonyl (C=O) groups is 2. The maximum absolute atomic E-state index is 12.5. The smallest absolute Gasteiger partial charge is 0.225 e. The summed E-state index contributed by atoms with van der Waals surface area (Å²) in [6.07, 6.45) is 0.798. The first-order valence-corrected chi connectivity index (χ1v) is 7.84. The maximum atomic E-state index is 12.5. The fourth-order valence-electron chi connectivity index (χ4n) is 3.48. The van der Waals surface area contributed by atoms with Crippen LogP contribution in [0.3, 0.4) is 0 Å². The first kappa shape index (κ1) is 15.0. The minimum atomic E-state index is -0.0102. The van der Waals surface area contributed by atoms with Gasteiger partial charge in [0.1, 0.15) is 0 Å². The molecule has 2 amide bonds. The molecule has 1 unspecified atom stereocenters. The van der Waals surface area contributed by atoms with Gasteiger partial charge in [-0.3, -0.25) is 9.59 Å². The predicted molar refractivity (Wildman–Crippen MR) is 85.7 cm³/mol. The van der Waals surface area contributed by atoms with Gasteiger partial charge in [0, 0.05) is 57.0 Å². The van der Waals surface area contributed by atoms with Gasteiger partial charge in [-0.15, -0.1) is 0 Å². The summed E-state index contributed by atoms with van der Waals surface area (Å²) in [4.78, 5) is 28.4. The molecule has 2 heterocycles. The van der Waals surface area contributed by atoms with Crippen LogP contribution >= 0.6 is 0 Å². The normalized spacial score (nSPS) is 21.7. The van der Waals surface area contributed by atoms with Crippen LogP contribution in [0, 0.1) is 5.92 Å². The second kappa shape index (κ2) is 6.08. The quantitative estimate of drug-likeness (QED) is 0.917. The van der Waals surface area contributed by atoms with Crippen molar-refractivity contribution >= 4 is 17.5 Å². The number of hydrogen-bond acceptors (Lipinski definition) is 3. The Bertz CT molecular complexity index is 581. The van der Waals surface area contributed by atoms with Crippen LogP contribution in [0.2, 0.25) is 0 Å². The summed E-state index contributed by atoms with van der Waals surface area (Å²) in [5.74, 6) is 0.702. The number of carbonyl (C=O) groups excluding carboxylic acids is 2. The SMILES string of the molecule is CN1CC(CN(C)C(=O)CC2CC(=O)Nc3ccccc32)C1. The van der Waals surface area contributed by atoms with Crippen LogP contribution in [0.4, 0.5) is 5.69 Å². The number of hydrogen-bond donors (Lipinski definition) is 1. The molecule has 2 aliphatic rings. The van der Waals surface area contributed by atoms with Crippen LogP contribution in [-0.2, 0) is 9.59 Å². The number of anilines is 1. The lowest BCUT2D eigenvalue weighted by Gasteiger charge is -2.38. The van der Waals surface area contributed by atoms with Crippen LogP contribution in [0.25, 0.3) is 0 Å². The molecule has 1 atom stereocenters. The summed E-state index contributed by atoms with van der Waals surface area (Å²) in [6, 6.07) is 7.77. The zero-order chi connectivity index (χ0) is 15.7. The second-order valence-electron chi connectivity index (χ2n) is 6.60. The van der Waals surface area contributed by atoms with Gasteiger partial charge in [0.15, 0.2) is 0 Å². The van der Waals surface area contributed by atoms with Crippen molar-refractivity contribution in [1.82, 2.24) is 9.80 Å². The van der Waals surface area contributed by atoms with E-state index in [2.05, 4.69) is 17.3 Å². The van der Waals surface area contributed by atoms with E-state index in [0.717, 1.165) is 30.9 Å². The van der Waals surface area contributed by atoms with E-state index in [1.54, 1.807) is 0 Å². The number of nitrogens with zero attached hydrogens (tertiary/aromatic N) is 2. The van der Waals surface area contributed by atoms with Crippen LogP contribution in [-0.4, -0.2) is 55.3 Å². The standard InChI is InChI=1S/C17H23N3O2/c1-19-9-12(10-19)11-20(2)17(22)8-13-7-16(21)18-15-6-4-3-5-14(13)15/h3-6,12-13H,7-11H2,1-2H3,(H,18,21). The molecule has 5 nitrogen and oxygen atoms in total. The third-order valence-electron chi connectivity index (χ3n) is 4.63. The Kier molecular flexibility index (Phi) is 4.16. The van der Waals surface area contributed by atoms with E-state index >= 15 is 0 Å². The van der Waals surface area contributed by atoms with Gasteiger partial charge in [0.25, 0.3) is 0 Å². The lowest BCUT2D eigenvalue weighted by atomic mass is 9.87. The minimum absolute atomic E-state index is 0.000212. The van der Waals surface area contributed by atoms with E-state index in [0.29, 0.717) is 18.8 Å². The van der Waals surface area contributed by atoms with Crippen LogP contribution in [0.15, 0.2) is 24.3 Å². The summed E-state index contributed by atoms with van der Waals surface area (Å²) in [6.45, 7) is 2.93. The molecule has 1 saturated heterocycles. The molecule has 1 aromatic carbocycles. The van der Waals surface area contributed by atoms with Gasteiger partial charge in [-0.25, -0.2) is 0 Å². The molecule has 0 aliphatic carbocycles. The maximum Gasteiger partial charge on any atom is 0.225 e. The highest BCUT2D eigenvalue weighted by atomic mass is 16.2. The molecule has 22 heavy (non-hydrogen) atoms. The Balaban J connectivity index is 1.62. The van der Waals surface area contributed by atoms with Crippen molar-refractivity contribution in [2.24, 2.45) is 5.92 Å². The van der Waals surface area contributed by atoms with Crippen molar-refractivity contribution in [2.75, 3.05) is 39.0 Å². The highest BCUT2D eigenvalue weighted by Gasteiger charge is 2.30. The van der Waals surface area contributed by atoms with Crippen LogP contribution in [0.5, 0.6) is 0 Å². The summed E-state index contributed by atoms with van der Waals surface area (Å²) in [5, 5.41) is 2.88. The molecular formula is C17H23N3O2. The van der Waals surface area contributed by atoms with Gasteiger partial charge < -0.3 is 15.1 Å². The molecule has 3 rings (SSSR count). The van der Waals surface area contributed by atoms with Gasteiger partial charge in [-0.1, -0.05) is 18.2 Å². The summed E-state index contributed by atoms with van der Waals surface area (Å²) in [7, 11) is 3.96. The monoisotopic (exact) mass is 301 g/mol. The van der Waals surface area contributed by atoms with E-state index in [9.17, 15) is 9.59 Å². The molecule has 0 bridgehead atoms. The third kappa shape index (κ3) is 3.14. The van der Waals surface area contributed by atoms with Gasteiger partial charge in [0.2, 0.25) is 11.8 Å². The first-order chi connectivity index (χ1) is 10.5. The Labute approximate surface area is 131 Å². The molecule has 5 heteroatoms. The van der Waals surface area contributed by atoms with Gasteiger partial charge in [-0.2, -0.15) is 0 Å². The number of likely N-dealkylation sites (tertiary alicyclic amines) is 1. The van der Waals surface area contributed by atoms with Gasteiger partial charge in [-0.05, 0) is 18.7 Å². The Morgan fingerprint density at radius 3 is 2.82 bits per heavy atom. The summed E-state index contributed by atoms with van der Waals surface area (Å²) < 4.78 is 0. The van der Waals surface area contributed by atoms with E-state index in [1.807, 2.05) is 36.2 Å². The average Bonchev–Trinajstić information content (AvgIpc) is 2.45. The molecule has 0 spiro atoms. The van der Waals surface area contributed by atoms with Crippen molar-refractivity contribution < 1.29 is 9.59 Å². The van der Waals surface area contributed by atoms with Crippen molar-refractivity contribution in [1.29, 1.82) is 0 Å². The number of amides is 2. The molecule has 0 radical (unpaired) electrons. The number of benzene rings is 1. The summed E-state index contributed by atoms with van der Waals surface area (Å²) >= 11 is 0. The highest BCUT2D eigenvalue weighted by Crippen LogP contribution is 2.34. The largest absolute Gasteiger partial charge is 0.345 e. The van der Waals surface area contributed by atoms with E-state index < -0.39 is 0 Å². The van der Waals surface area contributed by atoms with Crippen LogP contribution in [0.1, 0.15) is 24.3 Å². The minimum Gasteiger partial charge on any atom is -0.345 e. The van der Waals surface area contributed by atoms with Gasteiger partial charge >= 0.3 is 0 Å². The Hall–Kier alpha value is -1.88. The number of rotatable bonds is 4. The Morgan fingerprint density at radius 1 is 1.36 bits per heavy atom. The molecular weight excluding hydrogens is 278 g/mol. The molecule has 1 aromatic rings. The molecule has 118 valence electrons. The second-order valence-corrected chi connectivity index (χ2v) is 6.60. The number of nitrogens with one attached hydrogen (secondary N) is 1. The number of para-hydroxylation sites is 1. The topological polar surface area (TPSA) is 52.7 Å². The lowest BCUT2D eigenvalue weighted by molar-refractivity contribution is -0.131. The number of fused-ring (bicyclic) bond motifs is 1. The Morgan fingerprint density at radius 2 is 2.09 bits per heavy atom. The summed E-state index contributed by atoms with van der Waals surface area (Å²) in [5.41, 5.74) is 1.92. The van der Waals surface area contributed by atoms with Crippen molar-refractivity contribution in [3.05, 3.63) is 29.8 Å². The fourth-order valence-corrected chi connectivity index (χ4v) is 3.48. The lowest BCUT2D eigenvalue weighted by Crippen LogP contribution is -2.49. The van der Waals surface area contributed by atoms with E-state index in [4.69, 9.17) is 0 Å². The van der Waals surface area contributed by atoms with E-state index in [1.165, 1.54) is 0 Å². The van der Waals surface area contributed by atoms with Crippen LogP contribution < -0.4 is 5.32 Å². The average molecular weight is 301 g/mol. The van der Waals surface area contributed by atoms with E-state index in [-0.39, 0.29) is 17.7 Å². The molecule has 0 aromatic heterocycles. The van der Waals surface area contributed by atoms with Crippen molar-refractivity contribution in [3.8, 4) is 0 Å². The molecule has 0 saturated carbocycles. The highest BCUT2D eigenvalue weighted by molar-refractivity contribution is 5.95. The molecule has 1 fully saturated rings. The zero-order valence-corrected chi connectivity index (χ0v) is 13.2. The van der Waals surface area contributed by atoms with Crippen molar-refractivity contribution in [2.45, 2.75) is 18.8 Å². The molecule has 2 aliphatic heterocycles. The third-order valence-corrected chi connectivity index (χ3v) is 4.63. The van der Waals surface area contributed by atoms with Gasteiger partial charge in [0.05, 0.1) is 0 Å². The zero-order valence-electron chi connectivity index (χ0n) is 13.2. The predicted octanol–water partition coefficient (Wildman–Crippen LogP) is 1.52. The molecule has 1 N–H and O–H groups in total. The fraction of sp³-hybridized carbons (Fsp3) is 0.529.